The highest BCUT2D eigenvalue weighted by Crippen LogP contribution is 2.17. The van der Waals surface area contributed by atoms with E-state index in [4.69, 9.17) is 9.47 Å². The Balaban J connectivity index is 2.39. The van der Waals surface area contributed by atoms with Crippen LogP contribution < -0.4 is 5.32 Å². The highest BCUT2D eigenvalue weighted by molar-refractivity contribution is 5.75. The predicted molar refractivity (Wildman–Crippen MR) is 79.7 cm³/mol. The molecule has 1 aliphatic rings. The lowest BCUT2D eigenvalue weighted by atomic mass is 9.98. The van der Waals surface area contributed by atoms with E-state index in [-0.39, 0.29) is 18.1 Å². The number of ether oxygens (including phenoxy) is 2. The number of hydrogen-bond donors (Lipinski definition) is 1. The number of hydrogen-bond acceptors (Lipinski definition) is 5. The number of piperidine rings is 1. The van der Waals surface area contributed by atoms with Crippen molar-refractivity contribution in [2.75, 3.05) is 40.5 Å². The molecule has 0 aromatic rings. The fraction of sp³-hybridized carbons (Fsp3) is 0.933. The number of carbonyl (C=O) groups excluding carboxylic acids is 1. The van der Waals surface area contributed by atoms with Gasteiger partial charge in [0.25, 0.3) is 0 Å². The van der Waals surface area contributed by atoms with Gasteiger partial charge in [0.05, 0.1) is 13.7 Å². The van der Waals surface area contributed by atoms with Crippen LogP contribution in [-0.4, -0.2) is 63.4 Å². The summed E-state index contributed by atoms with van der Waals surface area (Å²) >= 11 is 0. The highest BCUT2D eigenvalue weighted by atomic mass is 16.5. The van der Waals surface area contributed by atoms with Gasteiger partial charge in [-0.1, -0.05) is 13.8 Å². The number of esters is 1. The van der Waals surface area contributed by atoms with Crippen molar-refractivity contribution in [3.8, 4) is 0 Å². The zero-order chi connectivity index (χ0) is 15.0. The molecule has 1 rings (SSSR count). The molecule has 1 fully saturated rings. The van der Waals surface area contributed by atoms with Crippen LogP contribution in [0.1, 0.15) is 33.1 Å². The third-order valence-electron chi connectivity index (χ3n) is 3.76. The normalized spacial score (nSPS) is 21.9. The topological polar surface area (TPSA) is 50.8 Å². The third kappa shape index (κ3) is 6.20. The van der Waals surface area contributed by atoms with Crippen molar-refractivity contribution >= 4 is 5.97 Å². The van der Waals surface area contributed by atoms with Gasteiger partial charge in [-0.15, -0.1) is 0 Å². The zero-order valence-corrected chi connectivity index (χ0v) is 13.4. The van der Waals surface area contributed by atoms with Crippen LogP contribution in [-0.2, 0) is 14.3 Å². The minimum absolute atomic E-state index is 0.163. The first-order chi connectivity index (χ1) is 9.56. The Bertz CT molecular complexity index is 282. The fourth-order valence-corrected chi connectivity index (χ4v) is 2.85. The van der Waals surface area contributed by atoms with Crippen LogP contribution in [0.4, 0.5) is 0 Å². The van der Waals surface area contributed by atoms with Crippen molar-refractivity contribution in [2.24, 2.45) is 5.92 Å². The number of likely N-dealkylation sites (tertiary alicyclic amines) is 1. The van der Waals surface area contributed by atoms with Crippen molar-refractivity contribution in [1.82, 2.24) is 10.2 Å². The van der Waals surface area contributed by atoms with Gasteiger partial charge in [-0.05, 0) is 31.7 Å². The summed E-state index contributed by atoms with van der Waals surface area (Å²) in [6.07, 6.45) is 3.26. The average Bonchev–Trinajstić information content (AvgIpc) is 2.43. The Morgan fingerprint density at radius 2 is 2.15 bits per heavy atom. The van der Waals surface area contributed by atoms with E-state index < -0.39 is 0 Å². The lowest BCUT2D eigenvalue weighted by molar-refractivity contribution is -0.143. The molecular weight excluding hydrogens is 256 g/mol. The van der Waals surface area contributed by atoms with Gasteiger partial charge in [-0.2, -0.15) is 0 Å². The van der Waals surface area contributed by atoms with E-state index in [0.717, 1.165) is 32.7 Å². The average molecular weight is 286 g/mol. The predicted octanol–water partition coefficient (Wildman–Crippen LogP) is 1.27. The molecule has 1 N–H and O–H groups in total. The molecule has 0 spiro atoms. The Labute approximate surface area is 123 Å². The summed E-state index contributed by atoms with van der Waals surface area (Å²) in [5.74, 6) is 0.465. The van der Waals surface area contributed by atoms with Crippen molar-refractivity contribution in [3.63, 3.8) is 0 Å². The first-order valence-corrected chi connectivity index (χ1v) is 7.62. The standard InChI is InChI=1S/C15H30N2O3/c1-12(2)16-14(15(18)20-4)7-9-17-8-5-6-13(10-17)11-19-3/h12-14,16H,5-11H2,1-4H3. The van der Waals surface area contributed by atoms with E-state index in [2.05, 4.69) is 10.2 Å². The number of carbonyl (C=O) groups is 1. The van der Waals surface area contributed by atoms with Gasteiger partial charge >= 0.3 is 5.97 Å². The SMILES string of the molecule is COCC1CCCN(CCC(NC(C)C)C(=O)OC)C1. The molecule has 0 aromatic heterocycles. The van der Waals surface area contributed by atoms with Crippen molar-refractivity contribution < 1.29 is 14.3 Å². The van der Waals surface area contributed by atoms with Crippen LogP contribution in [0.3, 0.4) is 0 Å². The zero-order valence-electron chi connectivity index (χ0n) is 13.4. The molecule has 0 saturated carbocycles. The Morgan fingerprint density at radius 1 is 1.40 bits per heavy atom. The van der Waals surface area contributed by atoms with Crippen LogP contribution in [0.15, 0.2) is 0 Å². The van der Waals surface area contributed by atoms with Gasteiger partial charge in [0.1, 0.15) is 6.04 Å². The summed E-state index contributed by atoms with van der Waals surface area (Å²) in [5, 5.41) is 3.28. The lowest BCUT2D eigenvalue weighted by Crippen LogP contribution is -2.45. The second-order valence-corrected chi connectivity index (χ2v) is 5.95. The Kier molecular flexibility index (Phi) is 8.11. The summed E-state index contributed by atoms with van der Waals surface area (Å²) in [4.78, 5) is 14.2. The Hall–Kier alpha value is -0.650. The largest absolute Gasteiger partial charge is 0.468 e. The van der Waals surface area contributed by atoms with Gasteiger partial charge in [0, 0.05) is 26.2 Å². The molecule has 0 bridgehead atoms. The maximum atomic E-state index is 11.8. The first-order valence-electron chi connectivity index (χ1n) is 7.62. The van der Waals surface area contributed by atoms with Gasteiger partial charge in [-0.25, -0.2) is 0 Å². The van der Waals surface area contributed by atoms with Gasteiger partial charge < -0.3 is 19.7 Å². The van der Waals surface area contributed by atoms with Gasteiger partial charge in [0.2, 0.25) is 0 Å². The second-order valence-electron chi connectivity index (χ2n) is 5.95. The van der Waals surface area contributed by atoms with Crippen LogP contribution in [0.25, 0.3) is 0 Å². The molecule has 5 nitrogen and oxygen atoms in total. The summed E-state index contributed by atoms with van der Waals surface area (Å²) in [6, 6.07) is 0.0736. The molecule has 0 aromatic carbocycles. The summed E-state index contributed by atoms with van der Waals surface area (Å²) in [6.45, 7) is 8.05. The minimum Gasteiger partial charge on any atom is -0.468 e. The lowest BCUT2D eigenvalue weighted by Gasteiger charge is -2.33. The van der Waals surface area contributed by atoms with E-state index in [1.165, 1.54) is 20.0 Å². The quantitative estimate of drug-likeness (QED) is 0.681. The number of nitrogens with zero attached hydrogens (tertiary/aromatic N) is 1. The van der Waals surface area contributed by atoms with Crippen LogP contribution in [0, 0.1) is 5.92 Å². The molecule has 0 amide bonds. The van der Waals surface area contributed by atoms with Crippen LogP contribution >= 0.6 is 0 Å². The Morgan fingerprint density at radius 3 is 2.75 bits per heavy atom. The van der Waals surface area contributed by atoms with Crippen molar-refractivity contribution in [3.05, 3.63) is 0 Å². The van der Waals surface area contributed by atoms with E-state index >= 15 is 0 Å². The molecule has 1 aliphatic heterocycles. The molecule has 0 aliphatic carbocycles. The van der Waals surface area contributed by atoms with E-state index in [9.17, 15) is 4.79 Å². The maximum absolute atomic E-state index is 11.8. The van der Waals surface area contributed by atoms with Crippen LogP contribution in [0.2, 0.25) is 0 Å². The third-order valence-corrected chi connectivity index (χ3v) is 3.76. The molecule has 2 atom stereocenters. The van der Waals surface area contributed by atoms with Crippen molar-refractivity contribution in [1.29, 1.82) is 0 Å². The molecular formula is C15H30N2O3. The highest BCUT2D eigenvalue weighted by Gasteiger charge is 2.23. The number of methoxy groups -OCH3 is 2. The number of rotatable bonds is 8. The maximum Gasteiger partial charge on any atom is 0.322 e. The van der Waals surface area contributed by atoms with E-state index in [0.29, 0.717) is 5.92 Å². The monoisotopic (exact) mass is 286 g/mol. The summed E-state index contributed by atoms with van der Waals surface area (Å²) in [5.41, 5.74) is 0. The van der Waals surface area contributed by atoms with Crippen molar-refractivity contribution in [2.45, 2.75) is 45.2 Å². The molecule has 20 heavy (non-hydrogen) atoms. The van der Waals surface area contributed by atoms with E-state index in [1.54, 1.807) is 7.11 Å². The molecule has 2 unspecified atom stereocenters. The molecule has 5 heteroatoms. The number of nitrogens with one attached hydrogen (secondary N) is 1. The molecule has 1 saturated heterocycles. The first kappa shape index (κ1) is 17.4. The molecule has 1 heterocycles. The van der Waals surface area contributed by atoms with Gasteiger partial charge in [-0.3, -0.25) is 4.79 Å². The van der Waals surface area contributed by atoms with E-state index in [1.807, 2.05) is 13.8 Å². The summed E-state index contributed by atoms with van der Waals surface area (Å²) in [7, 11) is 3.21. The summed E-state index contributed by atoms with van der Waals surface area (Å²) < 4.78 is 10.1. The van der Waals surface area contributed by atoms with Crippen LogP contribution in [0.5, 0.6) is 0 Å². The molecule has 118 valence electrons. The molecule has 0 radical (unpaired) electrons. The van der Waals surface area contributed by atoms with Gasteiger partial charge in [0.15, 0.2) is 0 Å². The second kappa shape index (κ2) is 9.32. The fourth-order valence-electron chi connectivity index (χ4n) is 2.85. The smallest absolute Gasteiger partial charge is 0.322 e. The minimum atomic E-state index is -0.206.